The maximum atomic E-state index is 12.1. The third-order valence-electron chi connectivity index (χ3n) is 3.87. The van der Waals surface area contributed by atoms with Crippen molar-refractivity contribution in [1.29, 1.82) is 5.26 Å². The predicted molar refractivity (Wildman–Crippen MR) is 76.2 cm³/mol. The molecule has 1 atom stereocenters. The molecule has 1 fully saturated rings. The van der Waals surface area contributed by atoms with Crippen molar-refractivity contribution >= 4 is 5.91 Å². The van der Waals surface area contributed by atoms with Crippen LogP contribution in [0.4, 0.5) is 0 Å². The van der Waals surface area contributed by atoms with Crippen LogP contribution in [0.2, 0.25) is 0 Å². The van der Waals surface area contributed by atoms with Gasteiger partial charge in [0.15, 0.2) is 6.61 Å². The number of ether oxygens (including phenoxy) is 1. The first-order valence-corrected chi connectivity index (χ1v) is 7.01. The van der Waals surface area contributed by atoms with Gasteiger partial charge in [0.2, 0.25) is 0 Å². The zero-order valence-corrected chi connectivity index (χ0v) is 12.0. The molecule has 0 bridgehead atoms. The third kappa shape index (κ3) is 3.51. The van der Waals surface area contributed by atoms with Crippen LogP contribution in [0, 0.1) is 23.2 Å². The number of carbonyl (C=O) groups is 1. The largest absolute Gasteiger partial charge is 0.484 e. The topological polar surface area (TPSA) is 53.3 Å². The summed E-state index contributed by atoms with van der Waals surface area (Å²) in [6.45, 7) is 6.14. The molecule has 1 aliphatic rings. The van der Waals surface area contributed by atoms with E-state index in [1.165, 1.54) is 0 Å². The number of hydrogen-bond acceptors (Lipinski definition) is 3. The van der Waals surface area contributed by atoms with Crippen LogP contribution in [-0.4, -0.2) is 30.5 Å². The first-order valence-electron chi connectivity index (χ1n) is 7.01. The summed E-state index contributed by atoms with van der Waals surface area (Å²) in [5.74, 6) is 1.88. The second kappa shape index (κ2) is 6.42. The molecule has 1 aromatic rings. The molecule has 1 amide bonds. The number of nitrogens with zero attached hydrogens (tertiary/aromatic N) is 2. The van der Waals surface area contributed by atoms with Gasteiger partial charge in [0.1, 0.15) is 5.75 Å². The fraction of sp³-hybridized carbons (Fsp3) is 0.500. The molecule has 1 unspecified atom stereocenters. The normalized spacial score (nSPS) is 18.1. The van der Waals surface area contributed by atoms with Crippen LogP contribution in [0.3, 0.4) is 0 Å². The Bertz CT molecular complexity index is 502. The van der Waals surface area contributed by atoms with E-state index in [9.17, 15) is 4.79 Å². The molecule has 2 rings (SSSR count). The second-order valence-corrected chi connectivity index (χ2v) is 5.56. The number of amides is 1. The fourth-order valence-electron chi connectivity index (χ4n) is 2.42. The number of rotatable bonds is 4. The smallest absolute Gasteiger partial charge is 0.260 e. The summed E-state index contributed by atoms with van der Waals surface area (Å²) in [7, 11) is 0. The van der Waals surface area contributed by atoms with Crippen LogP contribution in [0.15, 0.2) is 24.3 Å². The molecule has 0 aromatic heterocycles. The van der Waals surface area contributed by atoms with E-state index >= 15 is 0 Å². The lowest BCUT2D eigenvalue weighted by Gasteiger charge is -2.18. The Balaban J connectivity index is 1.82. The predicted octanol–water partition coefficient (Wildman–Crippen LogP) is 2.44. The van der Waals surface area contributed by atoms with Crippen molar-refractivity contribution in [2.24, 2.45) is 11.8 Å². The lowest BCUT2D eigenvalue weighted by Crippen LogP contribution is -2.33. The minimum atomic E-state index is 0.0394. The highest BCUT2D eigenvalue weighted by Gasteiger charge is 2.28. The number of benzene rings is 1. The highest BCUT2D eigenvalue weighted by molar-refractivity contribution is 5.78. The Morgan fingerprint density at radius 2 is 2.15 bits per heavy atom. The Labute approximate surface area is 120 Å². The van der Waals surface area contributed by atoms with Crippen molar-refractivity contribution in [3.05, 3.63) is 29.8 Å². The molecule has 106 valence electrons. The highest BCUT2D eigenvalue weighted by atomic mass is 16.5. The van der Waals surface area contributed by atoms with E-state index in [4.69, 9.17) is 10.00 Å². The summed E-state index contributed by atoms with van der Waals surface area (Å²) in [6.07, 6.45) is 1.08. The van der Waals surface area contributed by atoms with Crippen LogP contribution in [0.1, 0.15) is 25.8 Å². The second-order valence-electron chi connectivity index (χ2n) is 5.56. The molecular formula is C16H20N2O2. The monoisotopic (exact) mass is 272 g/mol. The number of nitriles is 1. The average Bonchev–Trinajstić information content (AvgIpc) is 2.95. The van der Waals surface area contributed by atoms with Gasteiger partial charge in [-0.15, -0.1) is 0 Å². The summed E-state index contributed by atoms with van der Waals surface area (Å²) in [6, 6.07) is 8.85. The Hall–Kier alpha value is -2.02. The van der Waals surface area contributed by atoms with Gasteiger partial charge in [0, 0.05) is 13.1 Å². The maximum absolute atomic E-state index is 12.1. The lowest BCUT2D eigenvalue weighted by atomic mass is 9.95. The SMILES string of the molecule is CC(C)C1CCN(C(=O)COc2ccc(C#N)cc2)C1. The molecule has 0 N–H and O–H groups in total. The molecule has 1 saturated heterocycles. The fourth-order valence-corrected chi connectivity index (χ4v) is 2.42. The van der Waals surface area contributed by atoms with Crippen molar-refractivity contribution in [1.82, 2.24) is 4.90 Å². The molecule has 1 aliphatic heterocycles. The van der Waals surface area contributed by atoms with E-state index < -0.39 is 0 Å². The van der Waals surface area contributed by atoms with E-state index in [-0.39, 0.29) is 12.5 Å². The van der Waals surface area contributed by atoms with Crippen LogP contribution >= 0.6 is 0 Å². The van der Waals surface area contributed by atoms with Crippen LogP contribution in [0.5, 0.6) is 5.75 Å². The van der Waals surface area contributed by atoms with Gasteiger partial charge >= 0.3 is 0 Å². The Morgan fingerprint density at radius 1 is 1.45 bits per heavy atom. The number of hydrogen-bond donors (Lipinski definition) is 0. The maximum Gasteiger partial charge on any atom is 0.260 e. The van der Waals surface area contributed by atoms with Gasteiger partial charge < -0.3 is 9.64 Å². The summed E-state index contributed by atoms with van der Waals surface area (Å²) in [4.78, 5) is 13.9. The van der Waals surface area contributed by atoms with Crippen molar-refractivity contribution in [2.45, 2.75) is 20.3 Å². The lowest BCUT2D eigenvalue weighted by molar-refractivity contribution is -0.132. The first kappa shape index (κ1) is 14.4. The van der Waals surface area contributed by atoms with E-state index in [0.29, 0.717) is 23.1 Å². The average molecular weight is 272 g/mol. The molecule has 20 heavy (non-hydrogen) atoms. The summed E-state index contributed by atoms with van der Waals surface area (Å²) in [5, 5.41) is 8.71. The van der Waals surface area contributed by atoms with Crippen molar-refractivity contribution in [2.75, 3.05) is 19.7 Å². The summed E-state index contributed by atoms with van der Waals surface area (Å²) < 4.78 is 5.47. The molecule has 4 heteroatoms. The Morgan fingerprint density at radius 3 is 2.70 bits per heavy atom. The van der Waals surface area contributed by atoms with Gasteiger partial charge in [0.05, 0.1) is 11.6 Å². The molecule has 4 nitrogen and oxygen atoms in total. The molecule has 0 radical (unpaired) electrons. The van der Waals surface area contributed by atoms with E-state index in [0.717, 1.165) is 19.5 Å². The van der Waals surface area contributed by atoms with Crippen LogP contribution in [0.25, 0.3) is 0 Å². The van der Waals surface area contributed by atoms with Gasteiger partial charge in [-0.05, 0) is 42.5 Å². The van der Waals surface area contributed by atoms with Gasteiger partial charge in [-0.3, -0.25) is 4.79 Å². The Kier molecular flexibility index (Phi) is 4.62. The molecule has 1 aromatic carbocycles. The van der Waals surface area contributed by atoms with Gasteiger partial charge in [-0.2, -0.15) is 5.26 Å². The molecule has 0 saturated carbocycles. The summed E-state index contributed by atoms with van der Waals surface area (Å²) in [5.41, 5.74) is 0.586. The quantitative estimate of drug-likeness (QED) is 0.846. The highest BCUT2D eigenvalue weighted by Crippen LogP contribution is 2.23. The third-order valence-corrected chi connectivity index (χ3v) is 3.87. The summed E-state index contributed by atoms with van der Waals surface area (Å²) >= 11 is 0. The van der Waals surface area contributed by atoms with Crippen molar-refractivity contribution < 1.29 is 9.53 Å². The van der Waals surface area contributed by atoms with Gasteiger partial charge in [0.25, 0.3) is 5.91 Å². The van der Waals surface area contributed by atoms with Gasteiger partial charge in [-0.25, -0.2) is 0 Å². The first-order chi connectivity index (χ1) is 9.60. The molecular weight excluding hydrogens is 252 g/mol. The molecule has 1 heterocycles. The minimum absolute atomic E-state index is 0.0394. The zero-order chi connectivity index (χ0) is 14.5. The van der Waals surface area contributed by atoms with E-state index in [1.54, 1.807) is 24.3 Å². The number of carbonyl (C=O) groups excluding carboxylic acids is 1. The van der Waals surface area contributed by atoms with E-state index in [1.807, 2.05) is 11.0 Å². The van der Waals surface area contributed by atoms with Crippen molar-refractivity contribution in [3.63, 3.8) is 0 Å². The van der Waals surface area contributed by atoms with Crippen LogP contribution < -0.4 is 4.74 Å². The van der Waals surface area contributed by atoms with Crippen LogP contribution in [-0.2, 0) is 4.79 Å². The molecule has 0 spiro atoms. The van der Waals surface area contributed by atoms with E-state index in [2.05, 4.69) is 13.8 Å². The number of likely N-dealkylation sites (tertiary alicyclic amines) is 1. The van der Waals surface area contributed by atoms with Gasteiger partial charge in [-0.1, -0.05) is 13.8 Å². The molecule has 0 aliphatic carbocycles. The van der Waals surface area contributed by atoms with Crippen molar-refractivity contribution in [3.8, 4) is 11.8 Å². The minimum Gasteiger partial charge on any atom is -0.484 e. The zero-order valence-electron chi connectivity index (χ0n) is 12.0. The standard InChI is InChI=1S/C16H20N2O2/c1-12(2)14-7-8-18(10-14)16(19)11-20-15-5-3-13(9-17)4-6-15/h3-6,12,14H,7-8,10-11H2,1-2H3.